The third-order valence-corrected chi connectivity index (χ3v) is 3.76. The largest absolute Gasteiger partial charge is 0.325 e. The van der Waals surface area contributed by atoms with Crippen molar-refractivity contribution < 1.29 is 0 Å². The molecule has 0 unspecified atom stereocenters. The van der Waals surface area contributed by atoms with Gasteiger partial charge in [-0.2, -0.15) is 0 Å². The number of rotatable bonds is 2. The number of fused-ring (bicyclic) bond motifs is 1. The van der Waals surface area contributed by atoms with E-state index in [4.69, 9.17) is 11.6 Å². The molecule has 0 fully saturated rings. The summed E-state index contributed by atoms with van der Waals surface area (Å²) in [6.45, 7) is 6.48. The Morgan fingerprint density at radius 2 is 1.59 bits per heavy atom. The van der Waals surface area contributed by atoms with Crippen LogP contribution in [0.5, 0.6) is 0 Å². The van der Waals surface area contributed by atoms with Gasteiger partial charge in [-0.15, -0.1) is 10.2 Å². The summed E-state index contributed by atoms with van der Waals surface area (Å²) >= 11 is 5.90. The van der Waals surface area contributed by atoms with E-state index < -0.39 is 0 Å². The number of benzene rings is 2. The number of halogens is 1. The van der Waals surface area contributed by atoms with Crippen molar-refractivity contribution in [2.45, 2.75) is 26.3 Å². The van der Waals surface area contributed by atoms with Crippen LogP contribution in [0.15, 0.2) is 65.0 Å². The topological polar surface area (TPSA) is 29.6 Å². The summed E-state index contributed by atoms with van der Waals surface area (Å²) in [6, 6.07) is 15.6. The first-order valence-corrected chi connectivity index (χ1v) is 7.61. The Morgan fingerprint density at radius 3 is 2.27 bits per heavy atom. The third kappa shape index (κ3) is 2.90. The van der Waals surface area contributed by atoms with Crippen LogP contribution >= 0.6 is 11.6 Å². The minimum absolute atomic E-state index is 0.0621. The summed E-state index contributed by atoms with van der Waals surface area (Å²) in [7, 11) is 0. The molecule has 22 heavy (non-hydrogen) atoms. The van der Waals surface area contributed by atoms with Gasteiger partial charge in [-0.25, -0.2) is 0 Å². The van der Waals surface area contributed by atoms with E-state index in [-0.39, 0.29) is 5.54 Å². The molecule has 0 bridgehead atoms. The molecule has 0 saturated carbocycles. The SMILES string of the molecule is CC(C)(C)n1cc2ccccc2c1N=Nc1ccc(Cl)cc1. The van der Waals surface area contributed by atoms with E-state index in [1.54, 1.807) is 0 Å². The van der Waals surface area contributed by atoms with Crippen LogP contribution < -0.4 is 0 Å². The quantitative estimate of drug-likeness (QED) is 0.486. The average Bonchev–Trinajstić information content (AvgIpc) is 2.86. The van der Waals surface area contributed by atoms with E-state index in [1.165, 1.54) is 5.39 Å². The standard InChI is InChI=1S/C18H18ClN3/c1-18(2,3)22-12-13-6-4-5-7-16(13)17(22)21-20-15-10-8-14(19)9-11-15/h4-12H,1-3H3. The zero-order valence-electron chi connectivity index (χ0n) is 12.9. The predicted octanol–water partition coefficient (Wildman–Crippen LogP) is 6.47. The molecule has 1 aromatic heterocycles. The van der Waals surface area contributed by atoms with Gasteiger partial charge in [0.2, 0.25) is 0 Å². The van der Waals surface area contributed by atoms with Crippen LogP contribution in [-0.2, 0) is 5.54 Å². The molecule has 0 saturated heterocycles. The molecule has 0 atom stereocenters. The summed E-state index contributed by atoms with van der Waals surface area (Å²) in [5.41, 5.74) is 0.725. The number of hydrogen-bond acceptors (Lipinski definition) is 2. The maximum atomic E-state index is 5.90. The first kappa shape index (κ1) is 14.8. The van der Waals surface area contributed by atoms with Crippen LogP contribution in [0.2, 0.25) is 5.02 Å². The second kappa shape index (κ2) is 5.58. The molecule has 0 spiro atoms. The summed E-state index contributed by atoms with van der Waals surface area (Å²) in [5, 5.41) is 11.8. The van der Waals surface area contributed by atoms with Crippen LogP contribution in [0.1, 0.15) is 20.8 Å². The molecule has 112 valence electrons. The molecule has 3 aromatic rings. The van der Waals surface area contributed by atoms with Crippen molar-refractivity contribution in [1.29, 1.82) is 0 Å². The van der Waals surface area contributed by atoms with Crippen LogP contribution in [-0.4, -0.2) is 4.57 Å². The Labute approximate surface area is 135 Å². The smallest absolute Gasteiger partial charge is 0.163 e. The molecule has 0 radical (unpaired) electrons. The molecule has 0 aliphatic carbocycles. The maximum Gasteiger partial charge on any atom is 0.163 e. The van der Waals surface area contributed by atoms with Crippen molar-refractivity contribution in [3.05, 3.63) is 59.8 Å². The van der Waals surface area contributed by atoms with Crippen molar-refractivity contribution in [1.82, 2.24) is 4.57 Å². The van der Waals surface area contributed by atoms with Gasteiger partial charge in [-0.05, 0) is 45.0 Å². The molecular formula is C18H18ClN3. The Kier molecular flexibility index (Phi) is 3.75. The fourth-order valence-electron chi connectivity index (χ4n) is 2.37. The molecule has 2 aromatic carbocycles. The van der Waals surface area contributed by atoms with Gasteiger partial charge >= 0.3 is 0 Å². The zero-order valence-corrected chi connectivity index (χ0v) is 13.7. The van der Waals surface area contributed by atoms with Crippen molar-refractivity contribution >= 4 is 33.9 Å². The predicted molar refractivity (Wildman–Crippen MR) is 92.6 cm³/mol. The van der Waals surface area contributed by atoms with Gasteiger partial charge in [0.15, 0.2) is 5.82 Å². The lowest BCUT2D eigenvalue weighted by Crippen LogP contribution is -2.20. The molecular weight excluding hydrogens is 294 g/mol. The summed E-state index contributed by atoms with van der Waals surface area (Å²) in [5.74, 6) is 0.873. The molecule has 0 amide bonds. The summed E-state index contributed by atoms with van der Waals surface area (Å²) < 4.78 is 2.16. The highest BCUT2D eigenvalue weighted by molar-refractivity contribution is 6.30. The van der Waals surface area contributed by atoms with Crippen LogP contribution in [0, 0.1) is 0 Å². The lowest BCUT2D eigenvalue weighted by Gasteiger charge is -2.22. The van der Waals surface area contributed by atoms with Gasteiger partial charge in [0.25, 0.3) is 0 Å². The van der Waals surface area contributed by atoms with Gasteiger partial charge in [0.1, 0.15) is 0 Å². The van der Waals surface area contributed by atoms with Crippen LogP contribution in [0.3, 0.4) is 0 Å². The van der Waals surface area contributed by atoms with Gasteiger partial charge in [-0.3, -0.25) is 0 Å². The highest BCUT2D eigenvalue weighted by atomic mass is 35.5. The number of aromatic nitrogens is 1. The molecule has 0 N–H and O–H groups in total. The van der Waals surface area contributed by atoms with E-state index in [0.717, 1.165) is 16.9 Å². The monoisotopic (exact) mass is 311 g/mol. The van der Waals surface area contributed by atoms with Gasteiger partial charge < -0.3 is 4.57 Å². The van der Waals surface area contributed by atoms with Gasteiger partial charge in [0, 0.05) is 27.5 Å². The number of hydrogen-bond donors (Lipinski definition) is 0. The molecule has 1 heterocycles. The Hall–Kier alpha value is -2.13. The average molecular weight is 312 g/mol. The third-order valence-electron chi connectivity index (χ3n) is 3.51. The highest BCUT2D eigenvalue weighted by Crippen LogP contribution is 2.34. The van der Waals surface area contributed by atoms with E-state index in [1.807, 2.05) is 36.4 Å². The second-order valence-electron chi connectivity index (χ2n) is 6.26. The minimum atomic E-state index is -0.0621. The Balaban J connectivity index is 2.10. The first-order valence-electron chi connectivity index (χ1n) is 7.23. The maximum absolute atomic E-state index is 5.90. The fraction of sp³-hybridized carbons (Fsp3) is 0.222. The summed E-state index contributed by atoms with van der Waals surface area (Å²) in [6.07, 6.45) is 2.13. The van der Waals surface area contributed by atoms with Crippen molar-refractivity contribution in [3.8, 4) is 0 Å². The highest BCUT2D eigenvalue weighted by Gasteiger charge is 2.19. The lowest BCUT2D eigenvalue weighted by molar-refractivity contribution is 0.402. The van der Waals surface area contributed by atoms with E-state index in [2.05, 4.69) is 53.9 Å². The van der Waals surface area contributed by atoms with Crippen molar-refractivity contribution in [3.63, 3.8) is 0 Å². The molecule has 3 nitrogen and oxygen atoms in total. The van der Waals surface area contributed by atoms with Crippen LogP contribution in [0.4, 0.5) is 11.5 Å². The lowest BCUT2D eigenvalue weighted by atomic mass is 10.1. The Bertz CT molecular complexity index is 824. The van der Waals surface area contributed by atoms with Crippen LogP contribution in [0.25, 0.3) is 10.8 Å². The second-order valence-corrected chi connectivity index (χ2v) is 6.69. The van der Waals surface area contributed by atoms with Crippen molar-refractivity contribution in [2.75, 3.05) is 0 Å². The Morgan fingerprint density at radius 1 is 0.909 bits per heavy atom. The van der Waals surface area contributed by atoms with Gasteiger partial charge in [-0.1, -0.05) is 35.9 Å². The zero-order chi connectivity index (χ0) is 15.7. The number of azo groups is 1. The minimum Gasteiger partial charge on any atom is -0.325 e. The molecule has 0 aliphatic heterocycles. The van der Waals surface area contributed by atoms with Gasteiger partial charge in [0.05, 0.1) is 5.69 Å². The normalized spacial score (nSPS) is 12.4. The van der Waals surface area contributed by atoms with E-state index >= 15 is 0 Å². The van der Waals surface area contributed by atoms with E-state index in [9.17, 15) is 0 Å². The summed E-state index contributed by atoms with van der Waals surface area (Å²) in [4.78, 5) is 0. The molecule has 3 rings (SSSR count). The molecule has 4 heteroatoms. The fourth-order valence-corrected chi connectivity index (χ4v) is 2.50. The van der Waals surface area contributed by atoms with Crippen molar-refractivity contribution in [2.24, 2.45) is 10.2 Å². The number of nitrogens with zero attached hydrogens (tertiary/aromatic N) is 3. The van der Waals surface area contributed by atoms with E-state index in [0.29, 0.717) is 5.02 Å². The first-order chi connectivity index (χ1) is 10.4. The molecule has 0 aliphatic rings.